The minimum atomic E-state index is -0.490. The zero-order chi connectivity index (χ0) is 23.4. The van der Waals surface area contributed by atoms with Gasteiger partial charge in [-0.05, 0) is 49.2 Å². The van der Waals surface area contributed by atoms with Crippen LogP contribution in [0.15, 0.2) is 53.5 Å². The van der Waals surface area contributed by atoms with Crippen LogP contribution in [-0.4, -0.2) is 60.3 Å². The number of hydrogen-bond donors (Lipinski definition) is 1. The molecule has 3 amide bonds. The van der Waals surface area contributed by atoms with Gasteiger partial charge in [-0.1, -0.05) is 23.9 Å². The summed E-state index contributed by atoms with van der Waals surface area (Å²) in [5.41, 5.74) is 1.70. The molecule has 0 saturated carbocycles. The highest BCUT2D eigenvalue weighted by atomic mass is 32.2. The second-order valence-corrected chi connectivity index (χ2v) is 9.07. The van der Waals surface area contributed by atoms with Gasteiger partial charge in [0.2, 0.25) is 5.91 Å². The molecule has 2 aromatic rings. The van der Waals surface area contributed by atoms with Crippen LogP contribution in [0, 0.1) is 0 Å². The molecule has 0 bridgehead atoms. The highest BCUT2D eigenvalue weighted by Gasteiger charge is 2.33. The maximum absolute atomic E-state index is 12.9. The molecule has 0 aliphatic carbocycles. The number of likely N-dealkylation sites (tertiary alicyclic amines) is 1. The van der Waals surface area contributed by atoms with Crippen LogP contribution in [0.1, 0.15) is 29.6 Å². The molecule has 33 heavy (non-hydrogen) atoms. The fourth-order valence-corrected chi connectivity index (χ4v) is 4.96. The summed E-state index contributed by atoms with van der Waals surface area (Å²) in [4.78, 5) is 45.3. The van der Waals surface area contributed by atoms with Gasteiger partial charge in [0.15, 0.2) is 5.17 Å². The number of aliphatic imine (C=N–C) groups is 1. The van der Waals surface area contributed by atoms with Crippen LogP contribution in [0.4, 0.5) is 11.4 Å². The van der Waals surface area contributed by atoms with Crippen molar-refractivity contribution in [3.63, 3.8) is 0 Å². The average Bonchev–Trinajstić information content (AvgIpc) is 3.49. The summed E-state index contributed by atoms with van der Waals surface area (Å²) in [5, 5.41) is 3.05. The van der Waals surface area contributed by atoms with Crippen molar-refractivity contribution in [2.45, 2.75) is 24.5 Å². The molecule has 2 aliphatic rings. The number of carbonyl (C=O) groups is 3. The van der Waals surface area contributed by atoms with E-state index in [-0.39, 0.29) is 24.1 Å². The van der Waals surface area contributed by atoms with Gasteiger partial charge < -0.3 is 19.9 Å². The topological polar surface area (TPSA) is 91.3 Å². The van der Waals surface area contributed by atoms with E-state index in [1.807, 2.05) is 18.2 Å². The first-order valence-corrected chi connectivity index (χ1v) is 11.7. The van der Waals surface area contributed by atoms with Gasteiger partial charge in [-0.2, -0.15) is 4.99 Å². The number of benzene rings is 2. The number of nitrogens with zero attached hydrogens (tertiary/aromatic N) is 3. The fourth-order valence-electron chi connectivity index (χ4n) is 3.84. The van der Waals surface area contributed by atoms with Crippen molar-refractivity contribution in [3.8, 4) is 5.75 Å². The van der Waals surface area contributed by atoms with Crippen molar-refractivity contribution in [1.82, 2.24) is 4.90 Å². The number of hydrogen-bond acceptors (Lipinski definition) is 6. The van der Waals surface area contributed by atoms with E-state index in [1.54, 1.807) is 44.5 Å². The molecule has 2 heterocycles. The summed E-state index contributed by atoms with van der Waals surface area (Å²) < 4.78 is 5.33. The lowest BCUT2D eigenvalue weighted by atomic mass is 10.1. The lowest BCUT2D eigenvalue weighted by molar-refractivity contribution is -0.121. The van der Waals surface area contributed by atoms with Gasteiger partial charge in [0.1, 0.15) is 11.0 Å². The van der Waals surface area contributed by atoms with Crippen LogP contribution in [0.5, 0.6) is 5.75 Å². The Hall–Kier alpha value is -3.33. The molecule has 0 spiro atoms. The number of anilines is 2. The molecule has 1 fully saturated rings. The Morgan fingerprint density at radius 3 is 2.55 bits per heavy atom. The molecule has 1 atom stereocenters. The van der Waals surface area contributed by atoms with E-state index >= 15 is 0 Å². The Labute approximate surface area is 197 Å². The SMILES string of the molecule is COc1ccccc1N(C)C(=O)c1ccc(NC(=O)CC2SC(N3CCCC3)=NC2=O)cc1. The van der Waals surface area contributed by atoms with Gasteiger partial charge in [-0.15, -0.1) is 0 Å². The number of methoxy groups -OCH3 is 1. The number of para-hydroxylation sites is 2. The van der Waals surface area contributed by atoms with Crippen LogP contribution >= 0.6 is 11.8 Å². The molecule has 1 saturated heterocycles. The van der Waals surface area contributed by atoms with Gasteiger partial charge in [0, 0.05) is 37.8 Å². The maximum atomic E-state index is 12.9. The molecule has 0 radical (unpaired) electrons. The summed E-state index contributed by atoms with van der Waals surface area (Å²) in [6.45, 7) is 1.82. The summed E-state index contributed by atoms with van der Waals surface area (Å²) in [6.07, 6.45) is 2.26. The number of thioether (sulfide) groups is 1. The van der Waals surface area contributed by atoms with Crippen molar-refractivity contribution in [3.05, 3.63) is 54.1 Å². The van der Waals surface area contributed by atoms with Gasteiger partial charge in [-0.3, -0.25) is 14.4 Å². The number of nitrogens with one attached hydrogen (secondary N) is 1. The second-order valence-electron chi connectivity index (χ2n) is 7.90. The summed E-state index contributed by atoms with van der Waals surface area (Å²) in [5.74, 6) is -0.105. The Balaban J connectivity index is 1.33. The molecule has 8 nitrogen and oxygen atoms in total. The second kappa shape index (κ2) is 10.1. The molecule has 9 heteroatoms. The molecule has 1 N–H and O–H groups in total. The smallest absolute Gasteiger partial charge is 0.262 e. The highest BCUT2D eigenvalue weighted by Crippen LogP contribution is 2.30. The number of carbonyl (C=O) groups excluding carboxylic acids is 3. The molecule has 172 valence electrons. The van der Waals surface area contributed by atoms with Gasteiger partial charge >= 0.3 is 0 Å². The third-order valence-electron chi connectivity index (χ3n) is 5.64. The van der Waals surface area contributed by atoms with Crippen LogP contribution in [-0.2, 0) is 9.59 Å². The molecular weight excluding hydrogens is 440 g/mol. The van der Waals surface area contributed by atoms with Crippen LogP contribution in [0.25, 0.3) is 0 Å². The minimum absolute atomic E-state index is 0.0571. The Bertz CT molecular complexity index is 1080. The predicted molar refractivity (Wildman–Crippen MR) is 130 cm³/mol. The van der Waals surface area contributed by atoms with Gasteiger partial charge in [0.25, 0.3) is 11.8 Å². The van der Waals surface area contributed by atoms with Crippen molar-refractivity contribution in [1.29, 1.82) is 0 Å². The highest BCUT2D eigenvalue weighted by molar-refractivity contribution is 8.15. The predicted octanol–water partition coefficient (Wildman–Crippen LogP) is 3.39. The Kier molecular flexibility index (Phi) is 6.98. The van der Waals surface area contributed by atoms with E-state index in [1.165, 1.54) is 16.7 Å². The van der Waals surface area contributed by atoms with Crippen LogP contribution < -0.4 is 15.0 Å². The first-order valence-electron chi connectivity index (χ1n) is 10.8. The normalized spacial score (nSPS) is 17.6. The van der Waals surface area contributed by atoms with Crippen molar-refractivity contribution in [2.24, 2.45) is 4.99 Å². The van der Waals surface area contributed by atoms with E-state index in [0.29, 0.717) is 22.7 Å². The summed E-state index contributed by atoms with van der Waals surface area (Å²) in [7, 11) is 3.25. The van der Waals surface area contributed by atoms with Gasteiger partial charge in [0.05, 0.1) is 12.8 Å². The lowest BCUT2D eigenvalue weighted by Gasteiger charge is -2.20. The quantitative estimate of drug-likeness (QED) is 0.702. The van der Waals surface area contributed by atoms with E-state index < -0.39 is 5.25 Å². The lowest BCUT2D eigenvalue weighted by Crippen LogP contribution is -2.26. The molecule has 4 rings (SSSR count). The van der Waals surface area contributed by atoms with E-state index in [4.69, 9.17) is 4.74 Å². The first kappa shape index (κ1) is 22.8. The third-order valence-corrected chi connectivity index (χ3v) is 6.86. The average molecular weight is 467 g/mol. The first-order chi connectivity index (χ1) is 16.0. The van der Waals surface area contributed by atoms with E-state index in [2.05, 4.69) is 15.2 Å². The number of amides is 3. The van der Waals surface area contributed by atoms with Crippen molar-refractivity contribution < 1.29 is 19.1 Å². The summed E-state index contributed by atoms with van der Waals surface area (Å²) in [6, 6.07) is 14.0. The van der Waals surface area contributed by atoms with E-state index in [0.717, 1.165) is 31.1 Å². The molecule has 2 aliphatic heterocycles. The minimum Gasteiger partial charge on any atom is -0.495 e. The van der Waals surface area contributed by atoms with Crippen molar-refractivity contribution >= 4 is 46.0 Å². The molecule has 1 unspecified atom stereocenters. The molecule has 2 aromatic carbocycles. The summed E-state index contributed by atoms with van der Waals surface area (Å²) >= 11 is 1.37. The van der Waals surface area contributed by atoms with E-state index in [9.17, 15) is 14.4 Å². The largest absolute Gasteiger partial charge is 0.495 e. The monoisotopic (exact) mass is 466 g/mol. The molecule has 0 aromatic heterocycles. The molecular formula is C24H26N4O4S. The van der Waals surface area contributed by atoms with Crippen LogP contribution in [0.3, 0.4) is 0 Å². The zero-order valence-electron chi connectivity index (χ0n) is 18.6. The Morgan fingerprint density at radius 2 is 1.85 bits per heavy atom. The van der Waals surface area contributed by atoms with Gasteiger partial charge in [-0.25, -0.2) is 0 Å². The maximum Gasteiger partial charge on any atom is 0.262 e. The standard InChI is InChI=1S/C24H26N4O4S/c1-27(18-7-3-4-8-19(18)32-2)23(31)16-9-11-17(12-10-16)25-21(29)15-20-22(30)26-24(33-20)28-13-5-6-14-28/h3-4,7-12,20H,5-6,13-15H2,1-2H3,(H,25,29). The Morgan fingerprint density at radius 1 is 1.15 bits per heavy atom. The zero-order valence-corrected chi connectivity index (χ0v) is 19.4. The number of rotatable bonds is 6. The number of amidine groups is 1. The fraction of sp³-hybridized carbons (Fsp3) is 0.333. The van der Waals surface area contributed by atoms with Crippen molar-refractivity contribution in [2.75, 3.05) is 37.5 Å². The van der Waals surface area contributed by atoms with Crippen LogP contribution in [0.2, 0.25) is 0 Å². The third kappa shape index (κ3) is 5.19. The number of ether oxygens (including phenoxy) is 1.